The predicted octanol–water partition coefficient (Wildman–Crippen LogP) is 4.22. The standard InChI is InChI=1S/C27H38N4O7S/c1-7-28-22(16(2)3)14-24(38-18(5)32)26-30-23(15-39-26)25(33)29-20(12-17(4)27(34)37-6)13-19-8-10-21(11-9-19)31(35)36/h8-11,15-17,20,22,24,28H,7,12-14H2,1-6H3,(H,29,33)/t17-,20+,22+,24+/m0/s1. The van der Waals surface area contributed by atoms with Crippen molar-refractivity contribution in [3.05, 3.63) is 56.0 Å². The van der Waals surface area contributed by atoms with E-state index in [0.29, 0.717) is 30.2 Å². The average Bonchev–Trinajstić information content (AvgIpc) is 3.38. The molecule has 0 aliphatic carbocycles. The Morgan fingerprint density at radius 1 is 1.13 bits per heavy atom. The van der Waals surface area contributed by atoms with E-state index in [1.54, 1.807) is 24.4 Å². The van der Waals surface area contributed by atoms with Gasteiger partial charge in [-0.25, -0.2) is 4.98 Å². The minimum absolute atomic E-state index is 0.0338. The summed E-state index contributed by atoms with van der Waals surface area (Å²) in [5.74, 6) is -1.46. The van der Waals surface area contributed by atoms with Crippen LogP contribution < -0.4 is 10.6 Å². The van der Waals surface area contributed by atoms with Crippen LogP contribution in [0.3, 0.4) is 0 Å². The fourth-order valence-electron chi connectivity index (χ4n) is 4.24. The number of carbonyl (C=O) groups excluding carboxylic acids is 3. The first kappa shape index (κ1) is 31.8. The van der Waals surface area contributed by atoms with Crippen LogP contribution in [0, 0.1) is 22.0 Å². The number of esters is 2. The maximum atomic E-state index is 13.2. The molecule has 1 aromatic heterocycles. The van der Waals surface area contributed by atoms with Gasteiger partial charge < -0.3 is 20.1 Å². The molecule has 0 aliphatic rings. The number of aromatic nitrogens is 1. The van der Waals surface area contributed by atoms with Gasteiger partial charge >= 0.3 is 11.9 Å². The molecular weight excluding hydrogens is 524 g/mol. The molecule has 2 rings (SSSR count). The third-order valence-electron chi connectivity index (χ3n) is 6.28. The van der Waals surface area contributed by atoms with Crippen molar-refractivity contribution in [1.82, 2.24) is 15.6 Å². The minimum atomic E-state index is -0.601. The second kappa shape index (κ2) is 15.3. The maximum absolute atomic E-state index is 13.2. The topological polar surface area (TPSA) is 150 Å². The van der Waals surface area contributed by atoms with Gasteiger partial charge in [-0.2, -0.15) is 0 Å². The maximum Gasteiger partial charge on any atom is 0.308 e. The molecule has 0 fully saturated rings. The Balaban J connectivity index is 2.23. The third kappa shape index (κ3) is 10.0. The summed E-state index contributed by atoms with van der Waals surface area (Å²) in [7, 11) is 1.30. The first-order valence-electron chi connectivity index (χ1n) is 12.9. The number of hydrogen-bond acceptors (Lipinski definition) is 10. The van der Waals surface area contributed by atoms with Gasteiger partial charge in [0.05, 0.1) is 18.0 Å². The van der Waals surface area contributed by atoms with Gasteiger partial charge in [0.15, 0.2) is 6.10 Å². The smallest absolute Gasteiger partial charge is 0.308 e. The third-order valence-corrected chi connectivity index (χ3v) is 7.22. The van der Waals surface area contributed by atoms with Crippen LogP contribution in [0.2, 0.25) is 0 Å². The van der Waals surface area contributed by atoms with Crippen LogP contribution in [-0.4, -0.2) is 53.5 Å². The fourth-order valence-corrected chi connectivity index (χ4v) is 5.08. The lowest BCUT2D eigenvalue weighted by Crippen LogP contribution is -2.39. The van der Waals surface area contributed by atoms with Crippen LogP contribution in [0.15, 0.2) is 29.6 Å². The Bertz CT molecular complexity index is 1120. The highest BCUT2D eigenvalue weighted by atomic mass is 32.1. The molecule has 1 amide bonds. The van der Waals surface area contributed by atoms with E-state index < -0.39 is 40.8 Å². The Labute approximate surface area is 232 Å². The first-order valence-corrected chi connectivity index (χ1v) is 13.8. The number of benzene rings is 1. The molecule has 1 heterocycles. The molecule has 1 aromatic carbocycles. The molecule has 0 bridgehead atoms. The molecule has 11 nitrogen and oxygen atoms in total. The summed E-state index contributed by atoms with van der Waals surface area (Å²) in [4.78, 5) is 52.1. The van der Waals surface area contributed by atoms with Crippen molar-refractivity contribution in [3.8, 4) is 0 Å². The summed E-state index contributed by atoms with van der Waals surface area (Å²) in [6, 6.07) is 5.67. The lowest BCUT2D eigenvalue weighted by Gasteiger charge is -2.25. The number of nitro benzene ring substituents is 1. The normalized spacial score (nSPS) is 14.2. The van der Waals surface area contributed by atoms with Crippen molar-refractivity contribution < 1.29 is 28.8 Å². The number of methoxy groups -OCH3 is 1. The summed E-state index contributed by atoms with van der Waals surface area (Å²) < 4.78 is 10.4. The highest BCUT2D eigenvalue weighted by molar-refractivity contribution is 7.09. The molecule has 2 N–H and O–H groups in total. The van der Waals surface area contributed by atoms with Crippen LogP contribution in [0.4, 0.5) is 5.69 Å². The number of non-ortho nitro benzene ring substituents is 1. The van der Waals surface area contributed by atoms with Gasteiger partial charge in [-0.05, 0) is 30.9 Å². The summed E-state index contributed by atoms with van der Waals surface area (Å²) in [5, 5.41) is 19.5. The molecule has 4 atom stereocenters. The van der Waals surface area contributed by atoms with Crippen molar-refractivity contribution in [2.45, 2.75) is 72.1 Å². The zero-order valence-electron chi connectivity index (χ0n) is 23.3. The van der Waals surface area contributed by atoms with Gasteiger partial charge in [-0.15, -0.1) is 11.3 Å². The highest BCUT2D eigenvalue weighted by Gasteiger charge is 2.27. The molecule has 0 unspecified atom stereocenters. The summed E-state index contributed by atoms with van der Waals surface area (Å²) >= 11 is 1.24. The van der Waals surface area contributed by atoms with E-state index in [2.05, 4.69) is 29.5 Å². The van der Waals surface area contributed by atoms with Crippen molar-refractivity contribution in [2.75, 3.05) is 13.7 Å². The number of rotatable bonds is 15. The van der Waals surface area contributed by atoms with Gasteiger partial charge in [0, 0.05) is 42.9 Å². The summed E-state index contributed by atoms with van der Waals surface area (Å²) in [6.07, 6.45) is 0.549. The average molecular weight is 563 g/mol. The Hall–Kier alpha value is -3.38. The number of nitrogens with one attached hydrogen (secondary N) is 2. The van der Waals surface area contributed by atoms with E-state index in [4.69, 9.17) is 9.47 Å². The molecular formula is C27H38N4O7S. The van der Waals surface area contributed by atoms with Gasteiger partial charge in [0.2, 0.25) is 0 Å². The number of thiazole rings is 1. The SMILES string of the molecule is CCN[C@H](C[C@@H](OC(C)=O)c1nc(C(=O)N[C@@H](Cc2ccc([N+](=O)[O-])cc2)C[C@H](C)C(=O)OC)cs1)C(C)C. The molecule has 0 aliphatic heterocycles. The monoisotopic (exact) mass is 562 g/mol. The van der Waals surface area contributed by atoms with Crippen molar-refractivity contribution in [2.24, 2.45) is 11.8 Å². The summed E-state index contributed by atoms with van der Waals surface area (Å²) in [6.45, 7) is 9.99. The predicted molar refractivity (Wildman–Crippen MR) is 147 cm³/mol. The van der Waals surface area contributed by atoms with E-state index in [9.17, 15) is 24.5 Å². The lowest BCUT2D eigenvalue weighted by atomic mass is 9.96. The molecule has 0 saturated carbocycles. The molecule has 0 radical (unpaired) electrons. The number of carbonyl (C=O) groups is 3. The Morgan fingerprint density at radius 3 is 2.33 bits per heavy atom. The van der Waals surface area contributed by atoms with E-state index in [-0.39, 0.29) is 17.4 Å². The zero-order valence-corrected chi connectivity index (χ0v) is 24.1. The Morgan fingerprint density at radius 2 is 1.79 bits per heavy atom. The van der Waals surface area contributed by atoms with E-state index in [0.717, 1.165) is 12.1 Å². The number of nitrogens with zero attached hydrogens (tertiary/aromatic N) is 2. The largest absolute Gasteiger partial charge is 0.469 e. The second-order valence-electron chi connectivity index (χ2n) is 9.77. The van der Waals surface area contributed by atoms with Crippen LogP contribution in [-0.2, 0) is 25.5 Å². The van der Waals surface area contributed by atoms with Crippen LogP contribution >= 0.6 is 11.3 Å². The molecule has 2 aromatic rings. The molecule has 12 heteroatoms. The van der Waals surface area contributed by atoms with Gasteiger partial charge in [-0.3, -0.25) is 24.5 Å². The molecule has 0 saturated heterocycles. The lowest BCUT2D eigenvalue weighted by molar-refractivity contribution is -0.384. The van der Waals surface area contributed by atoms with Gasteiger partial charge in [-0.1, -0.05) is 39.8 Å². The molecule has 0 spiro atoms. The van der Waals surface area contributed by atoms with E-state index in [1.807, 2.05) is 6.92 Å². The number of nitro groups is 1. The quantitative estimate of drug-likeness (QED) is 0.185. The summed E-state index contributed by atoms with van der Waals surface area (Å²) in [5.41, 5.74) is 0.907. The van der Waals surface area contributed by atoms with E-state index in [1.165, 1.54) is 37.5 Å². The van der Waals surface area contributed by atoms with Crippen molar-refractivity contribution >= 4 is 34.9 Å². The Kier molecular flexibility index (Phi) is 12.5. The van der Waals surface area contributed by atoms with Crippen LogP contribution in [0.1, 0.15) is 74.6 Å². The zero-order chi connectivity index (χ0) is 29.1. The first-order chi connectivity index (χ1) is 18.4. The van der Waals surface area contributed by atoms with E-state index >= 15 is 0 Å². The molecule has 39 heavy (non-hydrogen) atoms. The fraction of sp³-hybridized carbons (Fsp3) is 0.556. The number of amides is 1. The minimum Gasteiger partial charge on any atom is -0.469 e. The van der Waals surface area contributed by atoms with Crippen molar-refractivity contribution in [1.29, 1.82) is 0 Å². The highest BCUT2D eigenvalue weighted by Crippen LogP contribution is 2.28. The van der Waals surface area contributed by atoms with Gasteiger partial charge in [0.1, 0.15) is 10.7 Å². The van der Waals surface area contributed by atoms with Crippen LogP contribution in [0.5, 0.6) is 0 Å². The van der Waals surface area contributed by atoms with Crippen molar-refractivity contribution in [3.63, 3.8) is 0 Å². The van der Waals surface area contributed by atoms with Crippen LogP contribution in [0.25, 0.3) is 0 Å². The number of ether oxygens (including phenoxy) is 2. The second-order valence-corrected chi connectivity index (χ2v) is 10.7. The van der Waals surface area contributed by atoms with Gasteiger partial charge in [0.25, 0.3) is 11.6 Å². The number of hydrogen-bond donors (Lipinski definition) is 2. The molecule has 214 valence electrons.